The Balaban J connectivity index is 1.39. The quantitative estimate of drug-likeness (QED) is 0.573. The summed E-state index contributed by atoms with van der Waals surface area (Å²) in [5.74, 6) is 6.20. The lowest BCUT2D eigenvalue weighted by molar-refractivity contribution is 0.0664. The summed E-state index contributed by atoms with van der Waals surface area (Å²) >= 11 is 0. The summed E-state index contributed by atoms with van der Waals surface area (Å²) < 4.78 is 0. The van der Waals surface area contributed by atoms with Gasteiger partial charge in [0.1, 0.15) is 6.33 Å². The van der Waals surface area contributed by atoms with Crippen molar-refractivity contribution in [1.82, 2.24) is 19.8 Å². The van der Waals surface area contributed by atoms with Crippen LogP contribution in [0.4, 0.5) is 0 Å². The zero-order valence-corrected chi connectivity index (χ0v) is 19.2. The van der Waals surface area contributed by atoms with Crippen molar-refractivity contribution in [3.05, 3.63) is 89.0 Å². The van der Waals surface area contributed by atoms with Gasteiger partial charge in [-0.3, -0.25) is 4.79 Å². The number of carbonyl (C=O) groups excluding carboxylic acids is 1. The van der Waals surface area contributed by atoms with Crippen molar-refractivity contribution in [2.24, 2.45) is 0 Å². The number of likely N-dealkylation sites (N-methyl/N-ethyl adjacent to an activating group) is 1. The van der Waals surface area contributed by atoms with Crippen molar-refractivity contribution in [3.63, 3.8) is 0 Å². The number of piperazine rings is 1. The molecule has 1 saturated heterocycles. The van der Waals surface area contributed by atoms with Gasteiger partial charge < -0.3 is 20.0 Å². The van der Waals surface area contributed by atoms with Gasteiger partial charge in [-0.15, -0.1) is 0 Å². The maximum Gasteiger partial charge on any atom is 0.253 e. The number of carbonyl (C=O) groups is 1. The molecule has 1 unspecified atom stereocenters. The molecule has 1 aromatic heterocycles. The number of amides is 1. The average molecular weight is 457 g/mol. The minimum Gasteiger partial charge on any atom is -0.504 e. The summed E-state index contributed by atoms with van der Waals surface area (Å²) in [6.07, 6.45) is 3.15. The maximum absolute atomic E-state index is 12.7. The monoisotopic (exact) mass is 456 g/mol. The van der Waals surface area contributed by atoms with E-state index < -0.39 is 0 Å². The molecule has 1 atom stereocenters. The molecule has 2 aromatic carbocycles. The van der Waals surface area contributed by atoms with Crippen LogP contribution < -0.4 is 0 Å². The van der Waals surface area contributed by atoms with Crippen LogP contribution in [-0.2, 0) is 6.42 Å². The van der Waals surface area contributed by atoms with E-state index in [0.29, 0.717) is 17.7 Å². The fraction of sp³-hybridized carbons (Fsp3) is 0.296. The van der Waals surface area contributed by atoms with Gasteiger partial charge in [0.05, 0.1) is 18.5 Å². The first-order valence-electron chi connectivity index (χ1n) is 11.3. The van der Waals surface area contributed by atoms with Gasteiger partial charge in [0.2, 0.25) is 0 Å². The zero-order valence-electron chi connectivity index (χ0n) is 19.2. The van der Waals surface area contributed by atoms with Gasteiger partial charge in [0, 0.05) is 55.2 Å². The molecule has 1 fully saturated rings. The van der Waals surface area contributed by atoms with Crippen molar-refractivity contribution < 1.29 is 15.0 Å². The van der Waals surface area contributed by atoms with E-state index in [4.69, 9.17) is 0 Å². The molecule has 1 aliphatic heterocycles. The standard InChI is InChI=1S/C27H28N4O3/c1-30-12-14-31(15-13-30)27(34)23-10-6-21(7-11-23)3-2-20-4-8-22(9-5-20)24(18-32)16-25-26(33)17-28-19-29-25/h4-11,17,19,24,32-33H,12-16,18H2,1H3. The molecular weight excluding hydrogens is 428 g/mol. The Morgan fingerprint density at radius 3 is 2.21 bits per heavy atom. The van der Waals surface area contributed by atoms with Crippen LogP contribution in [0.15, 0.2) is 61.1 Å². The van der Waals surface area contributed by atoms with Gasteiger partial charge in [-0.2, -0.15) is 0 Å². The van der Waals surface area contributed by atoms with E-state index in [1.54, 1.807) is 0 Å². The third-order valence-electron chi connectivity index (χ3n) is 6.09. The smallest absolute Gasteiger partial charge is 0.253 e. The number of aromatic nitrogens is 2. The molecule has 0 saturated carbocycles. The molecule has 174 valence electrons. The van der Waals surface area contributed by atoms with Crippen molar-refractivity contribution in [1.29, 1.82) is 0 Å². The van der Waals surface area contributed by atoms with Crippen LogP contribution in [0.1, 0.15) is 38.7 Å². The highest BCUT2D eigenvalue weighted by molar-refractivity contribution is 5.94. The van der Waals surface area contributed by atoms with E-state index in [1.807, 2.05) is 53.4 Å². The first-order valence-corrected chi connectivity index (χ1v) is 11.3. The molecule has 1 amide bonds. The van der Waals surface area contributed by atoms with Gasteiger partial charge in [-0.1, -0.05) is 24.0 Å². The van der Waals surface area contributed by atoms with E-state index in [9.17, 15) is 15.0 Å². The predicted octanol–water partition coefficient (Wildman–Crippen LogP) is 2.29. The number of aromatic hydroxyl groups is 1. The van der Waals surface area contributed by atoms with Crippen molar-refractivity contribution in [2.45, 2.75) is 12.3 Å². The SMILES string of the molecule is CN1CCN(C(=O)c2ccc(C#Cc3ccc(C(CO)Cc4ncncc4O)cc3)cc2)CC1. The van der Waals surface area contributed by atoms with Crippen molar-refractivity contribution in [2.75, 3.05) is 39.8 Å². The molecule has 0 radical (unpaired) electrons. The van der Waals surface area contributed by atoms with Crippen LogP contribution >= 0.6 is 0 Å². The van der Waals surface area contributed by atoms with Crippen LogP contribution in [0.3, 0.4) is 0 Å². The number of nitrogens with zero attached hydrogens (tertiary/aromatic N) is 4. The Kier molecular flexibility index (Phi) is 7.53. The molecule has 0 aliphatic carbocycles. The molecule has 4 rings (SSSR count). The molecule has 3 aromatic rings. The fourth-order valence-corrected chi connectivity index (χ4v) is 3.90. The van der Waals surface area contributed by atoms with Gasteiger partial charge in [0.15, 0.2) is 5.75 Å². The number of hydrogen-bond donors (Lipinski definition) is 2. The highest BCUT2D eigenvalue weighted by Crippen LogP contribution is 2.24. The molecule has 7 heteroatoms. The summed E-state index contributed by atoms with van der Waals surface area (Å²) in [5, 5.41) is 19.7. The van der Waals surface area contributed by atoms with Gasteiger partial charge in [-0.05, 0) is 49.0 Å². The number of aliphatic hydroxyl groups excluding tert-OH is 1. The molecule has 2 heterocycles. The zero-order chi connectivity index (χ0) is 23.9. The van der Waals surface area contributed by atoms with Crippen molar-refractivity contribution in [3.8, 4) is 17.6 Å². The lowest BCUT2D eigenvalue weighted by atomic mass is 9.94. The van der Waals surface area contributed by atoms with Crippen LogP contribution in [0.5, 0.6) is 5.75 Å². The average Bonchev–Trinajstić information content (AvgIpc) is 2.88. The molecule has 7 nitrogen and oxygen atoms in total. The van der Waals surface area contributed by atoms with Gasteiger partial charge >= 0.3 is 0 Å². The Labute approximate surface area is 199 Å². The van der Waals surface area contributed by atoms with E-state index in [-0.39, 0.29) is 24.2 Å². The summed E-state index contributed by atoms with van der Waals surface area (Å²) in [7, 11) is 2.07. The molecule has 34 heavy (non-hydrogen) atoms. The van der Waals surface area contributed by atoms with E-state index in [0.717, 1.165) is 42.9 Å². The lowest BCUT2D eigenvalue weighted by Gasteiger charge is -2.32. The molecule has 0 spiro atoms. The van der Waals surface area contributed by atoms with Gasteiger partial charge in [0.25, 0.3) is 5.91 Å². The summed E-state index contributed by atoms with van der Waals surface area (Å²) in [4.78, 5) is 24.7. The van der Waals surface area contributed by atoms with E-state index in [1.165, 1.54) is 12.5 Å². The van der Waals surface area contributed by atoms with E-state index >= 15 is 0 Å². The summed E-state index contributed by atoms with van der Waals surface area (Å²) in [5.41, 5.74) is 3.82. The summed E-state index contributed by atoms with van der Waals surface area (Å²) in [6, 6.07) is 15.1. The number of benzene rings is 2. The molecule has 0 bridgehead atoms. The second-order valence-electron chi connectivity index (χ2n) is 8.48. The van der Waals surface area contributed by atoms with Crippen molar-refractivity contribution >= 4 is 5.91 Å². The third-order valence-corrected chi connectivity index (χ3v) is 6.09. The number of rotatable bonds is 5. The highest BCUT2D eigenvalue weighted by atomic mass is 16.3. The maximum atomic E-state index is 12.7. The molecular formula is C27H28N4O3. The molecule has 2 N–H and O–H groups in total. The van der Waals surface area contributed by atoms with Gasteiger partial charge in [-0.25, -0.2) is 9.97 Å². The van der Waals surface area contributed by atoms with Crippen LogP contribution in [0.2, 0.25) is 0 Å². The lowest BCUT2D eigenvalue weighted by Crippen LogP contribution is -2.47. The van der Waals surface area contributed by atoms with Crippen LogP contribution in [0.25, 0.3) is 0 Å². The Morgan fingerprint density at radius 2 is 1.62 bits per heavy atom. The molecule has 1 aliphatic rings. The first kappa shape index (κ1) is 23.4. The normalized spacial score (nSPS) is 14.8. The van der Waals surface area contributed by atoms with Crippen LogP contribution in [-0.4, -0.2) is 75.7 Å². The van der Waals surface area contributed by atoms with Crippen LogP contribution in [0, 0.1) is 11.8 Å². The second-order valence-corrected chi connectivity index (χ2v) is 8.48. The largest absolute Gasteiger partial charge is 0.504 e. The fourth-order valence-electron chi connectivity index (χ4n) is 3.90. The third kappa shape index (κ3) is 5.79. The highest BCUT2D eigenvalue weighted by Gasteiger charge is 2.20. The number of aliphatic hydroxyl groups is 1. The Hall–Kier alpha value is -3.73. The minimum atomic E-state index is -0.187. The predicted molar refractivity (Wildman–Crippen MR) is 129 cm³/mol. The topological polar surface area (TPSA) is 89.8 Å². The minimum absolute atomic E-state index is 0.0275. The Bertz CT molecular complexity index is 1170. The second kappa shape index (κ2) is 10.9. The summed E-state index contributed by atoms with van der Waals surface area (Å²) in [6.45, 7) is 3.24. The van der Waals surface area contributed by atoms with E-state index in [2.05, 4.69) is 33.8 Å². The number of hydrogen-bond acceptors (Lipinski definition) is 6. The first-order chi connectivity index (χ1) is 16.5. The Morgan fingerprint density at radius 1 is 1.00 bits per heavy atom.